The van der Waals surface area contributed by atoms with Gasteiger partial charge in [0.25, 0.3) is 5.91 Å². The van der Waals surface area contributed by atoms with Crippen LogP contribution < -0.4 is 10.1 Å². The summed E-state index contributed by atoms with van der Waals surface area (Å²) in [4.78, 5) is 11.7. The van der Waals surface area contributed by atoms with Crippen LogP contribution in [0.3, 0.4) is 0 Å². The predicted molar refractivity (Wildman–Crippen MR) is 70.7 cm³/mol. The molecule has 0 aliphatic carbocycles. The van der Waals surface area contributed by atoms with Gasteiger partial charge in [0.1, 0.15) is 12.4 Å². The van der Waals surface area contributed by atoms with Gasteiger partial charge in [-0.15, -0.1) is 0 Å². The lowest BCUT2D eigenvalue weighted by atomic mass is 10.1. The molecule has 0 aliphatic rings. The number of benzene rings is 1. The molecule has 18 heavy (non-hydrogen) atoms. The minimum atomic E-state index is -0.148. The van der Waals surface area contributed by atoms with Gasteiger partial charge in [0.05, 0.1) is 0 Å². The number of hydrogen-bond acceptors (Lipinski definition) is 3. The first kappa shape index (κ1) is 14.3. The summed E-state index contributed by atoms with van der Waals surface area (Å²) in [5.41, 5.74) is 0.575. The number of nitrogens with one attached hydrogen (secondary N) is 1. The zero-order valence-corrected chi connectivity index (χ0v) is 10.6. The van der Waals surface area contributed by atoms with E-state index >= 15 is 0 Å². The molecule has 0 saturated heterocycles. The molecule has 0 radical (unpaired) electrons. The van der Waals surface area contributed by atoms with Crippen LogP contribution in [0.5, 0.6) is 5.75 Å². The third kappa shape index (κ3) is 4.59. The lowest BCUT2D eigenvalue weighted by Gasteiger charge is -2.10. The molecule has 0 heterocycles. The van der Waals surface area contributed by atoms with E-state index in [4.69, 9.17) is 9.84 Å². The Morgan fingerprint density at radius 3 is 2.72 bits per heavy atom. The van der Waals surface area contributed by atoms with E-state index in [-0.39, 0.29) is 18.4 Å². The molecule has 1 rings (SSSR count). The van der Waals surface area contributed by atoms with Crippen LogP contribution in [0.15, 0.2) is 36.9 Å². The molecule has 98 valence electrons. The lowest BCUT2D eigenvalue weighted by Crippen LogP contribution is -2.29. The second-order valence-electron chi connectivity index (χ2n) is 4.12. The highest BCUT2D eigenvalue weighted by molar-refractivity contribution is 5.94. The van der Waals surface area contributed by atoms with Gasteiger partial charge >= 0.3 is 0 Å². The molecule has 1 aromatic rings. The van der Waals surface area contributed by atoms with E-state index in [9.17, 15) is 4.79 Å². The molecule has 4 nitrogen and oxygen atoms in total. The summed E-state index contributed by atoms with van der Waals surface area (Å²) in [5.74, 6) is 0.616. The Morgan fingerprint density at radius 1 is 1.50 bits per heavy atom. The topological polar surface area (TPSA) is 58.6 Å². The van der Waals surface area contributed by atoms with E-state index in [1.165, 1.54) is 0 Å². The summed E-state index contributed by atoms with van der Waals surface area (Å²) in [5, 5.41) is 11.6. The maximum absolute atomic E-state index is 11.7. The molecule has 0 bridgehead atoms. The molecule has 1 unspecified atom stereocenters. The van der Waals surface area contributed by atoms with E-state index in [1.807, 2.05) is 6.92 Å². The van der Waals surface area contributed by atoms with Crippen molar-refractivity contribution >= 4 is 5.91 Å². The molecule has 0 aromatic heterocycles. The van der Waals surface area contributed by atoms with Gasteiger partial charge in [0.15, 0.2) is 0 Å². The third-order valence-corrected chi connectivity index (χ3v) is 2.41. The molecule has 1 atom stereocenters. The summed E-state index contributed by atoms with van der Waals surface area (Å²) in [7, 11) is 0. The van der Waals surface area contributed by atoms with Crippen molar-refractivity contribution in [3.63, 3.8) is 0 Å². The summed E-state index contributed by atoms with van der Waals surface area (Å²) in [6.45, 7) is 6.40. The second-order valence-corrected chi connectivity index (χ2v) is 4.12. The quantitative estimate of drug-likeness (QED) is 0.722. The van der Waals surface area contributed by atoms with Crippen LogP contribution >= 0.6 is 0 Å². The standard InChI is InChI=1S/C14H19NO3/c1-3-8-18-13-6-4-12(5-7-13)14(17)15-9-11(2)10-16/h3-7,11,16H,1,8-10H2,2H3,(H,15,17). The number of ether oxygens (including phenoxy) is 1. The maximum Gasteiger partial charge on any atom is 0.251 e. The second kappa shape index (κ2) is 7.50. The zero-order valence-electron chi connectivity index (χ0n) is 10.6. The number of carbonyl (C=O) groups excluding carboxylic acids is 1. The Kier molecular flexibility index (Phi) is 5.94. The normalized spacial score (nSPS) is 11.7. The number of rotatable bonds is 7. The molecule has 0 aliphatic heterocycles. The number of hydrogen-bond donors (Lipinski definition) is 2. The molecular formula is C14H19NO3. The molecule has 0 saturated carbocycles. The van der Waals surface area contributed by atoms with Crippen LogP contribution in [0.2, 0.25) is 0 Å². The van der Waals surface area contributed by atoms with Gasteiger partial charge in [-0.1, -0.05) is 19.6 Å². The SMILES string of the molecule is C=CCOc1ccc(C(=O)NCC(C)CO)cc1. The van der Waals surface area contributed by atoms with E-state index in [0.29, 0.717) is 24.5 Å². The third-order valence-electron chi connectivity index (χ3n) is 2.41. The van der Waals surface area contributed by atoms with Gasteiger partial charge in [-0.25, -0.2) is 0 Å². The molecule has 2 N–H and O–H groups in total. The van der Waals surface area contributed by atoms with Crippen molar-refractivity contribution in [2.75, 3.05) is 19.8 Å². The van der Waals surface area contributed by atoms with Crippen LogP contribution in [0.4, 0.5) is 0 Å². The van der Waals surface area contributed by atoms with Gasteiger partial charge in [0, 0.05) is 18.7 Å². The molecular weight excluding hydrogens is 230 g/mol. The highest BCUT2D eigenvalue weighted by atomic mass is 16.5. The summed E-state index contributed by atoms with van der Waals surface area (Å²) in [6, 6.07) is 6.90. The average Bonchev–Trinajstić information content (AvgIpc) is 2.42. The average molecular weight is 249 g/mol. The van der Waals surface area contributed by atoms with E-state index in [1.54, 1.807) is 30.3 Å². The van der Waals surface area contributed by atoms with Crippen molar-refractivity contribution in [2.45, 2.75) is 6.92 Å². The predicted octanol–water partition coefficient (Wildman–Crippen LogP) is 1.61. The summed E-state index contributed by atoms with van der Waals surface area (Å²) >= 11 is 0. The summed E-state index contributed by atoms with van der Waals surface area (Å²) in [6.07, 6.45) is 1.66. The van der Waals surface area contributed by atoms with Crippen molar-refractivity contribution in [3.05, 3.63) is 42.5 Å². The van der Waals surface area contributed by atoms with Crippen molar-refractivity contribution in [2.24, 2.45) is 5.92 Å². The van der Waals surface area contributed by atoms with E-state index in [0.717, 1.165) is 0 Å². The van der Waals surface area contributed by atoms with Crippen molar-refractivity contribution in [1.82, 2.24) is 5.32 Å². The van der Waals surface area contributed by atoms with Crippen LogP contribution in [0.1, 0.15) is 17.3 Å². The first-order chi connectivity index (χ1) is 8.67. The minimum absolute atomic E-state index is 0.0594. The van der Waals surface area contributed by atoms with Crippen LogP contribution in [-0.2, 0) is 0 Å². The molecule has 4 heteroatoms. The number of aliphatic hydroxyl groups excluding tert-OH is 1. The molecule has 0 spiro atoms. The van der Waals surface area contributed by atoms with Crippen LogP contribution in [0, 0.1) is 5.92 Å². The largest absolute Gasteiger partial charge is 0.490 e. The fourth-order valence-corrected chi connectivity index (χ4v) is 1.29. The fourth-order valence-electron chi connectivity index (χ4n) is 1.29. The highest BCUT2D eigenvalue weighted by Gasteiger charge is 2.07. The molecule has 1 aromatic carbocycles. The monoisotopic (exact) mass is 249 g/mol. The Hall–Kier alpha value is -1.81. The number of amides is 1. The Labute approximate surface area is 107 Å². The van der Waals surface area contributed by atoms with Crippen molar-refractivity contribution in [1.29, 1.82) is 0 Å². The fraction of sp³-hybridized carbons (Fsp3) is 0.357. The van der Waals surface area contributed by atoms with Gasteiger partial charge in [0.2, 0.25) is 0 Å². The van der Waals surface area contributed by atoms with E-state index in [2.05, 4.69) is 11.9 Å². The molecule has 0 fully saturated rings. The minimum Gasteiger partial charge on any atom is -0.490 e. The lowest BCUT2D eigenvalue weighted by molar-refractivity contribution is 0.0942. The Balaban J connectivity index is 2.50. The number of carbonyl (C=O) groups is 1. The van der Waals surface area contributed by atoms with Crippen molar-refractivity contribution in [3.8, 4) is 5.75 Å². The highest BCUT2D eigenvalue weighted by Crippen LogP contribution is 2.12. The van der Waals surface area contributed by atoms with E-state index < -0.39 is 0 Å². The van der Waals surface area contributed by atoms with Crippen molar-refractivity contribution < 1.29 is 14.6 Å². The van der Waals surface area contributed by atoms with Crippen LogP contribution in [-0.4, -0.2) is 30.8 Å². The zero-order chi connectivity index (χ0) is 13.4. The summed E-state index contributed by atoms with van der Waals surface area (Å²) < 4.78 is 5.32. The van der Waals surface area contributed by atoms with Gasteiger partial charge in [-0.3, -0.25) is 4.79 Å². The first-order valence-corrected chi connectivity index (χ1v) is 5.90. The first-order valence-electron chi connectivity index (χ1n) is 5.90. The number of aliphatic hydroxyl groups is 1. The molecule has 1 amide bonds. The van der Waals surface area contributed by atoms with Crippen LogP contribution in [0.25, 0.3) is 0 Å². The Bertz CT molecular complexity index is 387. The smallest absolute Gasteiger partial charge is 0.251 e. The Morgan fingerprint density at radius 2 is 2.17 bits per heavy atom. The van der Waals surface area contributed by atoms with Gasteiger partial charge < -0.3 is 15.2 Å². The van der Waals surface area contributed by atoms with Gasteiger partial charge in [-0.2, -0.15) is 0 Å². The maximum atomic E-state index is 11.7. The van der Waals surface area contributed by atoms with Gasteiger partial charge in [-0.05, 0) is 30.2 Å².